The van der Waals surface area contributed by atoms with Crippen LogP contribution < -0.4 is 10.6 Å². The number of benzene rings is 2. The van der Waals surface area contributed by atoms with Gasteiger partial charge in [-0.2, -0.15) is 0 Å². The predicted molar refractivity (Wildman–Crippen MR) is 110 cm³/mol. The molecule has 3 atom stereocenters. The zero-order valence-corrected chi connectivity index (χ0v) is 16.6. The van der Waals surface area contributed by atoms with Crippen LogP contribution in [-0.2, 0) is 23.3 Å². The molecule has 1 saturated heterocycles. The fourth-order valence-corrected chi connectivity index (χ4v) is 7.16. The number of para-hydroxylation sites is 1. The lowest BCUT2D eigenvalue weighted by molar-refractivity contribution is 0.503. The van der Waals surface area contributed by atoms with Gasteiger partial charge in [0.05, 0.1) is 4.90 Å². The van der Waals surface area contributed by atoms with E-state index in [1.165, 1.54) is 17.7 Å². The van der Waals surface area contributed by atoms with E-state index in [0.29, 0.717) is 23.5 Å². The Bertz CT molecular complexity index is 1230. The molecule has 28 heavy (non-hydrogen) atoms. The Balaban J connectivity index is 1.51. The lowest BCUT2D eigenvalue weighted by Gasteiger charge is -2.23. The summed E-state index contributed by atoms with van der Waals surface area (Å²) in [5, 5.41) is 7.51. The molecule has 144 valence electrons. The van der Waals surface area contributed by atoms with Gasteiger partial charge in [0.25, 0.3) is 0 Å². The van der Waals surface area contributed by atoms with Gasteiger partial charge in [0.15, 0.2) is 9.84 Å². The van der Waals surface area contributed by atoms with E-state index in [9.17, 15) is 8.42 Å². The second-order valence-electron chi connectivity index (χ2n) is 8.30. The minimum atomic E-state index is -3.47. The highest BCUT2D eigenvalue weighted by atomic mass is 32.2. The van der Waals surface area contributed by atoms with Gasteiger partial charge < -0.3 is 15.2 Å². The van der Waals surface area contributed by atoms with Crippen LogP contribution in [0.3, 0.4) is 0 Å². The summed E-state index contributed by atoms with van der Waals surface area (Å²) in [7, 11) is -1.36. The van der Waals surface area contributed by atoms with E-state index in [-0.39, 0.29) is 0 Å². The van der Waals surface area contributed by atoms with Gasteiger partial charge in [-0.25, -0.2) is 8.42 Å². The third-order valence-electron chi connectivity index (χ3n) is 6.85. The molecule has 4 heterocycles. The standard InChI is InChI=1S/C22H23N3O2S/c1-25-19-9-7-14(11-16(19)22-18-8-6-13(24-18)10-20(22)25)28(26,27)21-12-23-17-5-3-2-4-15(17)21/h2-5,7,9,11,13,18,21,23-24H,6,8,10,12H2,1H3. The molecule has 0 amide bonds. The Morgan fingerprint density at radius 1 is 1.11 bits per heavy atom. The van der Waals surface area contributed by atoms with Crippen LogP contribution in [0.4, 0.5) is 5.69 Å². The number of sulfone groups is 1. The molecule has 3 aliphatic heterocycles. The second-order valence-corrected chi connectivity index (χ2v) is 10.4. The largest absolute Gasteiger partial charge is 0.383 e. The molecular weight excluding hydrogens is 370 g/mol. The number of rotatable bonds is 2. The van der Waals surface area contributed by atoms with Crippen molar-refractivity contribution in [3.63, 3.8) is 0 Å². The summed E-state index contributed by atoms with van der Waals surface area (Å²) in [6.07, 6.45) is 3.36. The summed E-state index contributed by atoms with van der Waals surface area (Å²) in [6, 6.07) is 14.3. The van der Waals surface area contributed by atoms with Gasteiger partial charge in [0, 0.05) is 54.4 Å². The third kappa shape index (κ3) is 2.13. The van der Waals surface area contributed by atoms with Crippen LogP contribution in [0.25, 0.3) is 10.9 Å². The molecule has 0 aliphatic carbocycles. The van der Waals surface area contributed by atoms with Crippen molar-refractivity contribution in [3.8, 4) is 0 Å². The highest BCUT2D eigenvalue weighted by Crippen LogP contribution is 2.43. The van der Waals surface area contributed by atoms with Gasteiger partial charge in [0.1, 0.15) is 5.25 Å². The zero-order valence-electron chi connectivity index (χ0n) is 15.8. The Morgan fingerprint density at radius 3 is 2.86 bits per heavy atom. The van der Waals surface area contributed by atoms with Crippen LogP contribution >= 0.6 is 0 Å². The number of aryl methyl sites for hydroxylation is 1. The molecular formula is C22H23N3O2S. The summed E-state index contributed by atoms with van der Waals surface area (Å²) in [6.45, 7) is 0.429. The number of nitrogens with zero attached hydrogens (tertiary/aromatic N) is 1. The summed E-state index contributed by atoms with van der Waals surface area (Å²) in [5.41, 5.74) is 5.61. The van der Waals surface area contributed by atoms with Crippen LogP contribution in [0.15, 0.2) is 47.4 Å². The average molecular weight is 394 g/mol. The molecule has 5 nitrogen and oxygen atoms in total. The SMILES string of the molecule is Cn1c2c(c3cc(S(=O)(=O)C4CNc5ccccc54)ccc31)C1CCC(C2)N1. The van der Waals surface area contributed by atoms with Gasteiger partial charge in [0.2, 0.25) is 0 Å². The quantitative estimate of drug-likeness (QED) is 0.700. The Morgan fingerprint density at radius 2 is 1.96 bits per heavy atom. The van der Waals surface area contributed by atoms with Gasteiger partial charge >= 0.3 is 0 Å². The number of hydrogen-bond acceptors (Lipinski definition) is 4. The van der Waals surface area contributed by atoms with Crippen molar-refractivity contribution in [3.05, 3.63) is 59.3 Å². The van der Waals surface area contributed by atoms with E-state index in [2.05, 4.69) is 22.2 Å². The number of aromatic nitrogens is 1. The molecule has 1 fully saturated rings. The monoisotopic (exact) mass is 393 g/mol. The first-order chi connectivity index (χ1) is 13.5. The molecule has 0 saturated carbocycles. The Hall–Kier alpha value is -2.31. The van der Waals surface area contributed by atoms with Crippen molar-refractivity contribution in [2.45, 2.75) is 41.5 Å². The Labute approximate surface area is 164 Å². The smallest absolute Gasteiger partial charge is 0.187 e. The first kappa shape index (κ1) is 16.6. The van der Waals surface area contributed by atoms with Gasteiger partial charge in [-0.3, -0.25) is 0 Å². The van der Waals surface area contributed by atoms with E-state index in [4.69, 9.17) is 0 Å². The number of fused-ring (bicyclic) bond motifs is 7. The van der Waals surface area contributed by atoms with Crippen LogP contribution in [0.1, 0.15) is 41.0 Å². The summed E-state index contributed by atoms with van der Waals surface area (Å²) >= 11 is 0. The normalized spacial score (nSPS) is 25.5. The van der Waals surface area contributed by atoms with Crippen molar-refractivity contribution in [2.24, 2.45) is 7.05 Å². The molecule has 6 rings (SSSR count). The minimum Gasteiger partial charge on any atom is -0.383 e. The van der Waals surface area contributed by atoms with Crippen molar-refractivity contribution in [1.29, 1.82) is 0 Å². The highest BCUT2D eigenvalue weighted by Gasteiger charge is 2.38. The fourth-order valence-electron chi connectivity index (χ4n) is 5.45. The number of anilines is 1. The Kier molecular flexibility index (Phi) is 3.33. The van der Waals surface area contributed by atoms with Crippen molar-refractivity contribution in [1.82, 2.24) is 9.88 Å². The van der Waals surface area contributed by atoms with Crippen molar-refractivity contribution >= 4 is 26.4 Å². The molecule has 2 aromatic carbocycles. The zero-order chi connectivity index (χ0) is 19.0. The molecule has 0 spiro atoms. The molecule has 0 radical (unpaired) electrons. The lowest BCUT2D eigenvalue weighted by atomic mass is 9.99. The molecule has 3 unspecified atom stereocenters. The molecule has 6 heteroatoms. The lowest BCUT2D eigenvalue weighted by Crippen LogP contribution is -2.32. The molecule has 2 bridgehead atoms. The number of nitrogens with one attached hydrogen (secondary N) is 2. The van der Waals surface area contributed by atoms with E-state index >= 15 is 0 Å². The van der Waals surface area contributed by atoms with Gasteiger partial charge in [-0.05, 0) is 48.2 Å². The maximum absolute atomic E-state index is 13.5. The minimum absolute atomic E-state index is 0.351. The first-order valence-electron chi connectivity index (χ1n) is 9.98. The van der Waals surface area contributed by atoms with Crippen molar-refractivity contribution < 1.29 is 8.42 Å². The highest BCUT2D eigenvalue weighted by molar-refractivity contribution is 7.91. The van der Waals surface area contributed by atoms with Crippen LogP contribution in [-0.4, -0.2) is 25.6 Å². The van der Waals surface area contributed by atoms with Gasteiger partial charge in [-0.1, -0.05) is 18.2 Å². The second kappa shape index (κ2) is 5.61. The van der Waals surface area contributed by atoms with Crippen LogP contribution in [0.2, 0.25) is 0 Å². The van der Waals surface area contributed by atoms with E-state index < -0.39 is 15.1 Å². The molecule has 2 N–H and O–H groups in total. The maximum Gasteiger partial charge on any atom is 0.187 e. The topological polar surface area (TPSA) is 63.1 Å². The van der Waals surface area contributed by atoms with Crippen LogP contribution in [0, 0.1) is 0 Å². The fraction of sp³-hybridized carbons (Fsp3) is 0.364. The predicted octanol–water partition coefficient (Wildman–Crippen LogP) is 3.47. The number of hydrogen-bond donors (Lipinski definition) is 2. The molecule has 3 aliphatic rings. The van der Waals surface area contributed by atoms with E-state index in [1.54, 1.807) is 6.07 Å². The first-order valence-corrected chi connectivity index (χ1v) is 11.5. The molecule has 1 aromatic heterocycles. The summed E-state index contributed by atoms with van der Waals surface area (Å²) < 4.78 is 29.3. The average Bonchev–Trinajstić information content (AvgIpc) is 3.38. The van der Waals surface area contributed by atoms with Crippen LogP contribution in [0.5, 0.6) is 0 Å². The maximum atomic E-state index is 13.5. The van der Waals surface area contributed by atoms with Gasteiger partial charge in [-0.15, -0.1) is 0 Å². The third-order valence-corrected chi connectivity index (χ3v) is 8.93. The summed E-state index contributed by atoms with van der Waals surface area (Å²) in [4.78, 5) is 0.428. The summed E-state index contributed by atoms with van der Waals surface area (Å²) in [5.74, 6) is 0. The molecule has 3 aromatic rings. The van der Waals surface area contributed by atoms with E-state index in [0.717, 1.165) is 35.0 Å². The van der Waals surface area contributed by atoms with Crippen molar-refractivity contribution in [2.75, 3.05) is 11.9 Å². The van der Waals surface area contributed by atoms with E-state index in [1.807, 2.05) is 36.4 Å².